The van der Waals surface area contributed by atoms with Crippen LogP contribution in [0.5, 0.6) is 11.5 Å². The van der Waals surface area contributed by atoms with Gasteiger partial charge in [0.2, 0.25) is 0 Å². The largest absolute Gasteiger partial charge is 0.493 e. The van der Waals surface area contributed by atoms with Crippen LogP contribution in [0.25, 0.3) is 0 Å². The first-order valence-electron chi connectivity index (χ1n) is 8.74. The third-order valence-electron chi connectivity index (χ3n) is 3.84. The normalized spacial score (nSPS) is 10.2. The molecular formula is C19H29NO5. The Morgan fingerprint density at radius 3 is 2.32 bits per heavy atom. The molecule has 0 aliphatic heterocycles. The van der Waals surface area contributed by atoms with Gasteiger partial charge in [-0.05, 0) is 31.5 Å². The summed E-state index contributed by atoms with van der Waals surface area (Å²) in [6, 6.07) is 5.08. The number of nitrogens with zero attached hydrogens (tertiary/aromatic N) is 1. The minimum absolute atomic E-state index is 0.124. The van der Waals surface area contributed by atoms with Crippen LogP contribution >= 0.6 is 0 Å². The Bertz CT molecular complexity index is 559. The summed E-state index contributed by atoms with van der Waals surface area (Å²) in [4.78, 5) is 26.2. The molecule has 0 unspecified atom stereocenters. The number of unbranched alkanes of at least 4 members (excludes halogenated alkanes) is 2. The minimum atomic E-state index is -0.289. The molecule has 0 spiro atoms. The number of carbonyl (C=O) groups excluding carboxylic acids is 2. The van der Waals surface area contributed by atoms with Gasteiger partial charge >= 0.3 is 5.97 Å². The number of hydrogen-bond acceptors (Lipinski definition) is 5. The maximum Gasteiger partial charge on any atom is 0.307 e. The van der Waals surface area contributed by atoms with Crippen LogP contribution in [0.2, 0.25) is 0 Å². The molecule has 25 heavy (non-hydrogen) atoms. The van der Waals surface area contributed by atoms with Crippen molar-refractivity contribution in [3.8, 4) is 11.5 Å². The second kappa shape index (κ2) is 11.3. The molecule has 1 rings (SSSR count). The van der Waals surface area contributed by atoms with Gasteiger partial charge < -0.3 is 19.1 Å². The van der Waals surface area contributed by atoms with Crippen molar-refractivity contribution in [3.05, 3.63) is 23.8 Å². The Morgan fingerprint density at radius 1 is 1.00 bits per heavy atom. The average Bonchev–Trinajstić information content (AvgIpc) is 2.63. The molecule has 140 valence electrons. The van der Waals surface area contributed by atoms with Gasteiger partial charge in [-0.2, -0.15) is 0 Å². The predicted molar refractivity (Wildman–Crippen MR) is 96.2 cm³/mol. The lowest BCUT2D eigenvalue weighted by atomic mass is 10.1. The Morgan fingerprint density at radius 2 is 1.72 bits per heavy atom. The van der Waals surface area contributed by atoms with Crippen LogP contribution in [-0.4, -0.2) is 50.7 Å². The summed E-state index contributed by atoms with van der Waals surface area (Å²) in [5.41, 5.74) is 0.512. The van der Waals surface area contributed by atoms with Crippen molar-refractivity contribution in [3.63, 3.8) is 0 Å². The molecule has 0 saturated carbocycles. The summed E-state index contributed by atoms with van der Waals surface area (Å²) in [6.45, 7) is 5.18. The van der Waals surface area contributed by atoms with Gasteiger partial charge in [0.05, 0.1) is 27.2 Å². The summed E-state index contributed by atoms with van der Waals surface area (Å²) < 4.78 is 15.4. The van der Waals surface area contributed by atoms with E-state index in [0.29, 0.717) is 36.8 Å². The molecule has 6 heteroatoms. The molecule has 6 nitrogen and oxygen atoms in total. The molecule has 0 aliphatic rings. The van der Waals surface area contributed by atoms with Crippen molar-refractivity contribution < 1.29 is 23.8 Å². The third kappa shape index (κ3) is 6.64. The molecule has 1 aromatic carbocycles. The fraction of sp³-hybridized carbons (Fsp3) is 0.579. The molecule has 0 saturated heterocycles. The topological polar surface area (TPSA) is 65.1 Å². The number of hydrogen-bond donors (Lipinski definition) is 0. The number of esters is 1. The fourth-order valence-electron chi connectivity index (χ4n) is 2.48. The summed E-state index contributed by atoms with van der Waals surface area (Å²) in [7, 11) is 3.08. The van der Waals surface area contributed by atoms with E-state index in [0.717, 1.165) is 19.3 Å². The number of carbonyl (C=O) groups is 2. The molecule has 0 atom stereocenters. The zero-order valence-corrected chi connectivity index (χ0v) is 15.7. The molecule has 0 heterocycles. The lowest BCUT2D eigenvalue weighted by molar-refractivity contribution is -0.143. The van der Waals surface area contributed by atoms with Crippen molar-refractivity contribution in [1.29, 1.82) is 0 Å². The minimum Gasteiger partial charge on any atom is -0.493 e. The molecule has 0 N–H and O–H groups in total. The SMILES string of the molecule is CCCCCN(CCC(=O)OCC)C(=O)c1ccc(OC)c(OC)c1. The Labute approximate surface area is 150 Å². The third-order valence-corrected chi connectivity index (χ3v) is 3.84. The van der Waals surface area contributed by atoms with Crippen molar-refractivity contribution in [1.82, 2.24) is 4.90 Å². The number of benzene rings is 1. The van der Waals surface area contributed by atoms with E-state index in [4.69, 9.17) is 14.2 Å². The number of amides is 1. The van der Waals surface area contributed by atoms with Gasteiger partial charge in [-0.15, -0.1) is 0 Å². The van der Waals surface area contributed by atoms with Crippen LogP contribution in [-0.2, 0) is 9.53 Å². The molecule has 0 aromatic heterocycles. The quantitative estimate of drug-likeness (QED) is 0.452. The van der Waals surface area contributed by atoms with Crippen molar-refractivity contribution in [2.45, 2.75) is 39.5 Å². The zero-order valence-electron chi connectivity index (χ0n) is 15.7. The maximum absolute atomic E-state index is 12.9. The van der Waals surface area contributed by atoms with E-state index in [1.807, 2.05) is 0 Å². The van der Waals surface area contributed by atoms with Crippen molar-refractivity contribution >= 4 is 11.9 Å². The van der Waals surface area contributed by atoms with Crippen LogP contribution in [0.1, 0.15) is 49.9 Å². The summed E-state index contributed by atoms with van der Waals surface area (Å²) in [5.74, 6) is 0.666. The van der Waals surface area contributed by atoms with E-state index in [1.54, 1.807) is 37.1 Å². The first kappa shape index (κ1) is 20.8. The van der Waals surface area contributed by atoms with Gasteiger partial charge in [0.25, 0.3) is 5.91 Å². The second-order valence-corrected chi connectivity index (χ2v) is 5.62. The number of rotatable bonds is 11. The van der Waals surface area contributed by atoms with Crippen LogP contribution in [0.15, 0.2) is 18.2 Å². The lowest BCUT2D eigenvalue weighted by Gasteiger charge is -2.23. The van der Waals surface area contributed by atoms with Crippen molar-refractivity contribution in [2.24, 2.45) is 0 Å². The molecule has 0 fully saturated rings. The molecular weight excluding hydrogens is 322 g/mol. The number of ether oxygens (including phenoxy) is 3. The van der Waals surface area contributed by atoms with E-state index < -0.39 is 0 Å². The van der Waals surface area contributed by atoms with E-state index in [1.165, 1.54) is 7.11 Å². The zero-order chi connectivity index (χ0) is 18.7. The Hall–Kier alpha value is -2.24. The Kier molecular flexibility index (Phi) is 9.43. The highest BCUT2D eigenvalue weighted by atomic mass is 16.5. The van der Waals surface area contributed by atoms with Gasteiger partial charge in [-0.3, -0.25) is 9.59 Å². The van der Waals surface area contributed by atoms with E-state index in [-0.39, 0.29) is 18.3 Å². The fourth-order valence-corrected chi connectivity index (χ4v) is 2.48. The first-order valence-corrected chi connectivity index (χ1v) is 8.74. The van der Waals surface area contributed by atoms with Crippen LogP contribution in [0.4, 0.5) is 0 Å². The van der Waals surface area contributed by atoms with Crippen LogP contribution < -0.4 is 9.47 Å². The average molecular weight is 351 g/mol. The first-order chi connectivity index (χ1) is 12.1. The number of methoxy groups -OCH3 is 2. The van der Waals surface area contributed by atoms with E-state index in [9.17, 15) is 9.59 Å². The smallest absolute Gasteiger partial charge is 0.307 e. The summed E-state index contributed by atoms with van der Waals surface area (Å²) in [6.07, 6.45) is 3.20. The standard InChI is InChI=1S/C19H29NO5/c1-5-7-8-12-20(13-11-18(21)25-6-2)19(22)15-9-10-16(23-3)17(14-15)24-4/h9-10,14H,5-8,11-13H2,1-4H3. The molecule has 0 bridgehead atoms. The maximum atomic E-state index is 12.9. The predicted octanol–water partition coefficient (Wildman–Crippen LogP) is 3.29. The monoisotopic (exact) mass is 351 g/mol. The van der Waals surface area contributed by atoms with Gasteiger partial charge in [-0.25, -0.2) is 0 Å². The van der Waals surface area contributed by atoms with Gasteiger partial charge in [-0.1, -0.05) is 19.8 Å². The Balaban J connectivity index is 2.87. The lowest BCUT2D eigenvalue weighted by Crippen LogP contribution is -2.34. The van der Waals surface area contributed by atoms with Crippen molar-refractivity contribution in [2.75, 3.05) is 33.9 Å². The highest BCUT2D eigenvalue weighted by molar-refractivity contribution is 5.95. The van der Waals surface area contributed by atoms with E-state index >= 15 is 0 Å². The van der Waals surface area contributed by atoms with Crippen LogP contribution in [0.3, 0.4) is 0 Å². The highest BCUT2D eigenvalue weighted by Gasteiger charge is 2.19. The van der Waals surface area contributed by atoms with Gasteiger partial charge in [0.15, 0.2) is 11.5 Å². The highest BCUT2D eigenvalue weighted by Crippen LogP contribution is 2.28. The van der Waals surface area contributed by atoms with Crippen LogP contribution in [0, 0.1) is 0 Å². The molecule has 0 radical (unpaired) electrons. The van der Waals surface area contributed by atoms with Gasteiger partial charge in [0, 0.05) is 18.7 Å². The summed E-state index contributed by atoms with van der Waals surface area (Å²) >= 11 is 0. The second-order valence-electron chi connectivity index (χ2n) is 5.62. The van der Waals surface area contributed by atoms with E-state index in [2.05, 4.69) is 6.92 Å². The molecule has 1 aromatic rings. The summed E-state index contributed by atoms with van der Waals surface area (Å²) in [5, 5.41) is 0. The molecule has 1 amide bonds. The molecule has 0 aliphatic carbocycles. The van der Waals surface area contributed by atoms with Gasteiger partial charge in [0.1, 0.15) is 0 Å².